The van der Waals surface area contributed by atoms with Gasteiger partial charge in [-0.1, -0.05) is 29.5 Å². The highest BCUT2D eigenvalue weighted by molar-refractivity contribution is 7.22. The minimum atomic E-state index is -1.03. The van der Waals surface area contributed by atoms with E-state index in [1.165, 1.54) is 52.6 Å². The smallest absolute Gasteiger partial charge is 0.301 e. The topological polar surface area (TPSA) is 70.5 Å². The summed E-state index contributed by atoms with van der Waals surface area (Å²) in [6.45, 7) is 3.87. The number of aliphatic hydroxyl groups excluding tert-OH is 1. The molecule has 0 aliphatic carbocycles. The molecule has 0 bridgehead atoms. The highest BCUT2D eigenvalue weighted by atomic mass is 32.1. The molecule has 5 nitrogen and oxygen atoms in total. The molecular formula is C26H18F2N2O3S. The Morgan fingerprint density at radius 1 is 0.971 bits per heavy atom. The first kappa shape index (κ1) is 21.9. The number of aryl methyl sites for hydroxylation is 2. The first-order valence-electron chi connectivity index (χ1n) is 10.4. The van der Waals surface area contributed by atoms with Gasteiger partial charge in [-0.3, -0.25) is 14.5 Å². The second-order valence-electron chi connectivity index (χ2n) is 8.15. The van der Waals surface area contributed by atoms with E-state index in [9.17, 15) is 23.5 Å². The van der Waals surface area contributed by atoms with Gasteiger partial charge in [-0.2, -0.15) is 0 Å². The van der Waals surface area contributed by atoms with Gasteiger partial charge >= 0.3 is 5.91 Å². The average Bonchev–Trinajstić information content (AvgIpc) is 3.33. The van der Waals surface area contributed by atoms with Crippen molar-refractivity contribution < 1.29 is 23.5 Å². The van der Waals surface area contributed by atoms with E-state index < -0.39 is 35.1 Å². The Hall–Kier alpha value is -3.91. The van der Waals surface area contributed by atoms with Gasteiger partial charge in [-0.25, -0.2) is 13.8 Å². The van der Waals surface area contributed by atoms with Crippen molar-refractivity contribution in [1.29, 1.82) is 0 Å². The Kier molecular flexibility index (Phi) is 5.25. The Morgan fingerprint density at radius 3 is 2.24 bits per heavy atom. The summed E-state index contributed by atoms with van der Waals surface area (Å²) in [6.07, 6.45) is 0. The van der Waals surface area contributed by atoms with Crippen molar-refractivity contribution >= 4 is 44.1 Å². The van der Waals surface area contributed by atoms with Crippen molar-refractivity contribution in [1.82, 2.24) is 4.98 Å². The Labute approximate surface area is 197 Å². The average molecular weight is 477 g/mol. The third-order valence-electron chi connectivity index (χ3n) is 5.77. The van der Waals surface area contributed by atoms with E-state index >= 15 is 0 Å². The number of aromatic nitrogens is 1. The van der Waals surface area contributed by atoms with Gasteiger partial charge in [-0.05, 0) is 73.0 Å². The lowest BCUT2D eigenvalue weighted by Crippen LogP contribution is -2.29. The lowest BCUT2D eigenvalue weighted by atomic mass is 9.95. The van der Waals surface area contributed by atoms with E-state index in [0.29, 0.717) is 16.2 Å². The highest BCUT2D eigenvalue weighted by Crippen LogP contribution is 2.44. The van der Waals surface area contributed by atoms with Crippen molar-refractivity contribution in [3.8, 4) is 0 Å². The number of hydrogen-bond donors (Lipinski definition) is 1. The zero-order valence-corrected chi connectivity index (χ0v) is 19.0. The molecule has 170 valence electrons. The number of benzene rings is 3. The predicted octanol–water partition coefficient (Wildman–Crippen LogP) is 5.82. The summed E-state index contributed by atoms with van der Waals surface area (Å²) in [5.74, 6) is -3.18. The number of hydrogen-bond acceptors (Lipinski definition) is 5. The van der Waals surface area contributed by atoms with Gasteiger partial charge in [0.2, 0.25) is 0 Å². The number of fused-ring (bicyclic) bond motifs is 1. The Bertz CT molecular complexity index is 1490. The van der Waals surface area contributed by atoms with Gasteiger partial charge in [0.05, 0.1) is 21.8 Å². The predicted molar refractivity (Wildman–Crippen MR) is 127 cm³/mol. The molecule has 1 aromatic heterocycles. The summed E-state index contributed by atoms with van der Waals surface area (Å²) in [6, 6.07) is 13.2. The molecule has 2 heterocycles. The fourth-order valence-electron chi connectivity index (χ4n) is 4.22. The minimum absolute atomic E-state index is 0.171. The lowest BCUT2D eigenvalue weighted by Gasteiger charge is -2.23. The molecule has 0 spiro atoms. The van der Waals surface area contributed by atoms with Crippen LogP contribution in [0.15, 0.2) is 66.2 Å². The van der Waals surface area contributed by atoms with Gasteiger partial charge in [0.15, 0.2) is 5.13 Å². The third kappa shape index (κ3) is 3.56. The van der Waals surface area contributed by atoms with Gasteiger partial charge in [0.25, 0.3) is 5.78 Å². The zero-order valence-electron chi connectivity index (χ0n) is 18.2. The van der Waals surface area contributed by atoms with Crippen LogP contribution in [0.4, 0.5) is 13.9 Å². The maximum Gasteiger partial charge on any atom is 0.301 e. The molecule has 1 N–H and O–H groups in total. The second kappa shape index (κ2) is 8.14. The van der Waals surface area contributed by atoms with Crippen LogP contribution in [0, 0.1) is 25.5 Å². The first-order valence-corrected chi connectivity index (χ1v) is 11.3. The first-order chi connectivity index (χ1) is 16.2. The molecule has 34 heavy (non-hydrogen) atoms. The number of thiazole rings is 1. The van der Waals surface area contributed by atoms with Gasteiger partial charge < -0.3 is 5.11 Å². The molecule has 1 aliphatic heterocycles. The van der Waals surface area contributed by atoms with Crippen molar-refractivity contribution in [2.45, 2.75) is 19.9 Å². The molecule has 0 radical (unpaired) electrons. The highest BCUT2D eigenvalue weighted by Gasteiger charge is 2.48. The zero-order chi connectivity index (χ0) is 24.1. The molecular weight excluding hydrogens is 458 g/mol. The largest absolute Gasteiger partial charge is 0.507 e. The number of rotatable bonds is 3. The molecule has 1 amide bonds. The Balaban J connectivity index is 1.74. The number of carbonyl (C=O) groups is 2. The molecule has 1 atom stereocenters. The van der Waals surface area contributed by atoms with Gasteiger partial charge in [-0.15, -0.1) is 0 Å². The van der Waals surface area contributed by atoms with Crippen molar-refractivity contribution in [2.75, 3.05) is 4.90 Å². The van der Waals surface area contributed by atoms with E-state index in [-0.39, 0.29) is 11.1 Å². The number of amides is 1. The van der Waals surface area contributed by atoms with E-state index in [4.69, 9.17) is 0 Å². The number of ketones is 1. The quantitative estimate of drug-likeness (QED) is 0.230. The van der Waals surface area contributed by atoms with E-state index in [1.54, 1.807) is 0 Å². The summed E-state index contributed by atoms with van der Waals surface area (Å²) >= 11 is 1.26. The lowest BCUT2D eigenvalue weighted by molar-refractivity contribution is -0.132. The minimum Gasteiger partial charge on any atom is -0.507 e. The van der Waals surface area contributed by atoms with Crippen LogP contribution in [0.25, 0.3) is 16.0 Å². The molecule has 1 saturated heterocycles. The van der Waals surface area contributed by atoms with Crippen LogP contribution in [-0.4, -0.2) is 21.8 Å². The molecule has 5 rings (SSSR count). The molecule has 8 heteroatoms. The van der Waals surface area contributed by atoms with E-state index in [0.717, 1.165) is 28.0 Å². The number of anilines is 1. The van der Waals surface area contributed by atoms with E-state index in [2.05, 4.69) is 4.98 Å². The SMILES string of the molecule is Cc1cc(C)c2nc(N3C(=O)C(=O)C(=C(O)c4ccc(F)cc4)[C@@H]3c3ccc(F)cc3)sc2c1. The van der Waals surface area contributed by atoms with Crippen LogP contribution < -0.4 is 4.90 Å². The summed E-state index contributed by atoms with van der Waals surface area (Å²) in [7, 11) is 0. The summed E-state index contributed by atoms with van der Waals surface area (Å²) in [5, 5.41) is 11.3. The van der Waals surface area contributed by atoms with Crippen molar-refractivity contribution in [3.63, 3.8) is 0 Å². The van der Waals surface area contributed by atoms with Gasteiger partial charge in [0, 0.05) is 5.56 Å². The fourth-order valence-corrected chi connectivity index (χ4v) is 5.38. The maximum atomic E-state index is 13.7. The molecule has 0 saturated carbocycles. The monoisotopic (exact) mass is 476 g/mol. The number of halogens is 2. The van der Waals surface area contributed by atoms with Crippen LogP contribution in [0.1, 0.15) is 28.3 Å². The summed E-state index contributed by atoms with van der Waals surface area (Å²) in [4.78, 5) is 32.3. The summed E-state index contributed by atoms with van der Waals surface area (Å²) < 4.78 is 27.9. The normalized spacial score (nSPS) is 17.6. The standard InChI is InChI=1S/C26H18F2N2O3S/c1-13-11-14(2)21-19(12-13)34-26(29-21)30-22(15-3-7-17(27)8-4-15)20(24(32)25(30)33)23(31)16-5-9-18(28)10-6-16/h3-12,22,31H,1-2H3/t22-/m0/s1. The maximum absolute atomic E-state index is 13.7. The molecule has 1 aliphatic rings. The number of Topliss-reactive ketones (excluding diaryl/α,β-unsaturated/α-hetero) is 1. The van der Waals surface area contributed by atoms with Crippen LogP contribution in [0.2, 0.25) is 0 Å². The van der Waals surface area contributed by atoms with Gasteiger partial charge in [0.1, 0.15) is 17.4 Å². The molecule has 1 fully saturated rings. The number of aliphatic hydroxyl groups is 1. The van der Waals surface area contributed by atoms with Crippen LogP contribution in [-0.2, 0) is 9.59 Å². The summed E-state index contributed by atoms with van der Waals surface area (Å²) in [5.41, 5.74) is 3.12. The Morgan fingerprint density at radius 2 is 1.59 bits per heavy atom. The van der Waals surface area contributed by atoms with Crippen LogP contribution in [0.3, 0.4) is 0 Å². The van der Waals surface area contributed by atoms with E-state index in [1.807, 2.05) is 26.0 Å². The van der Waals surface area contributed by atoms with Crippen LogP contribution >= 0.6 is 11.3 Å². The number of carbonyl (C=O) groups excluding carboxylic acids is 2. The molecule has 3 aromatic carbocycles. The van der Waals surface area contributed by atoms with Crippen molar-refractivity contribution in [2.24, 2.45) is 0 Å². The number of nitrogens with zero attached hydrogens (tertiary/aromatic N) is 2. The van der Waals surface area contributed by atoms with Crippen LogP contribution in [0.5, 0.6) is 0 Å². The fraction of sp³-hybridized carbons (Fsp3) is 0.115. The second-order valence-corrected chi connectivity index (χ2v) is 9.16. The molecule has 4 aromatic rings. The van der Waals surface area contributed by atoms with Crippen molar-refractivity contribution in [3.05, 3.63) is 100 Å². The third-order valence-corrected chi connectivity index (χ3v) is 6.77. The molecule has 0 unspecified atom stereocenters.